The zero-order chi connectivity index (χ0) is 18.3. The lowest BCUT2D eigenvalue weighted by molar-refractivity contribution is -0.121. The van der Waals surface area contributed by atoms with Gasteiger partial charge in [-0.2, -0.15) is 0 Å². The van der Waals surface area contributed by atoms with Crippen LogP contribution in [0.3, 0.4) is 0 Å². The van der Waals surface area contributed by atoms with E-state index in [1.165, 1.54) is 6.42 Å². The number of guanidine groups is 1. The van der Waals surface area contributed by atoms with Crippen molar-refractivity contribution >= 4 is 35.8 Å². The maximum Gasteiger partial charge on any atom is 0.239 e. The van der Waals surface area contributed by atoms with Gasteiger partial charge in [0.15, 0.2) is 5.96 Å². The van der Waals surface area contributed by atoms with E-state index in [0.29, 0.717) is 18.6 Å². The summed E-state index contributed by atoms with van der Waals surface area (Å²) >= 11 is 0. The Morgan fingerprint density at radius 3 is 2.50 bits per heavy atom. The molecule has 3 N–H and O–H groups in total. The molecule has 26 heavy (non-hydrogen) atoms. The van der Waals surface area contributed by atoms with Crippen molar-refractivity contribution in [2.75, 3.05) is 13.6 Å². The Bertz CT molecular complexity index is 610. The maximum atomic E-state index is 11.9. The number of halogens is 1. The van der Waals surface area contributed by atoms with Crippen molar-refractivity contribution in [3.05, 3.63) is 29.8 Å². The van der Waals surface area contributed by atoms with Crippen LogP contribution >= 0.6 is 24.0 Å². The van der Waals surface area contributed by atoms with Crippen molar-refractivity contribution in [1.29, 1.82) is 0 Å². The molecule has 0 aromatic heterocycles. The second kappa shape index (κ2) is 10.6. The number of nitrogens with zero attached hydrogens (tertiary/aromatic N) is 1. The predicted octanol–water partition coefficient (Wildman–Crippen LogP) is 2.82. The number of carbonyl (C=O) groups is 1. The molecule has 0 spiro atoms. The molecule has 1 fully saturated rings. The first-order valence-electron chi connectivity index (χ1n) is 8.87. The topological polar surface area (TPSA) is 74.8 Å². The molecule has 1 aliphatic rings. The highest BCUT2D eigenvalue weighted by atomic mass is 127. The van der Waals surface area contributed by atoms with Crippen molar-refractivity contribution < 1.29 is 9.53 Å². The van der Waals surface area contributed by atoms with E-state index in [2.05, 4.69) is 20.9 Å². The van der Waals surface area contributed by atoms with Crippen LogP contribution in [-0.2, 0) is 11.3 Å². The Morgan fingerprint density at radius 1 is 1.23 bits per heavy atom. The van der Waals surface area contributed by atoms with Crippen LogP contribution in [0, 0.1) is 0 Å². The third-order valence-electron chi connectivity index (χ3n) is 3.92. The van der Waals surface area contributed by atoms with Crippen LogP contribution < -0.4 is 20.7 Å². The fourth-order valence-electron chi connectivity index (χ4n) is 2.46. The van der Waals surface area contributed by atoms with E-state index in [4.69, 9.17) is 4.74 Å². The molecule has 1 saturated carbocycles. The molecule has 1 amide bonds. The number of rotatable bonds is 6. The zero-order valence-electron chi connectivity index (χ0n) is 16.1. The monoisotopic (exact) mass is 474 g/mol. The average molecular weight is 474 g/mol. The van der Waals surface area contributed by atoms with Gasteiger partial charge in [-0.1, -0.05) is 18.2 Å². The number of hydrogen-bond donors (Lipinski definition) is 3. The molecule has 0 radical (unpaired) electrons. The number of benzene rings is 1. The van der Waals surface area contributed by atoms with Gasteiger partial charge in [-0.3, -0.25) is 9.79 Å². The van der Waals surface area contributed by atoms with E-state index in [0.717, 1.165) is 24.2 Å². The molecule has 0 aliphatic heterocycles. The summed E-state index contributed by atoms with van der Waals surface area (Å²) in [6.07, 6.45) is 3.86. The van der Waals surface area contributed by atoms with Gasteiger partial charge in [0.25, 0.3) is 0 Å². The number of para-hydroxylation sites is 1. The van der Waals surface area contributed by atoms with E-state index >= 15 is 0 Å². The lowest BCUT2D eigenvalue weighted by atomic mass is 9.96. The molecule has 7 heteroatoms. The summed E-state index contributed by atoms with van der Waals surface area (Å²) in [5.74, 6) is 1.44. The third kappa shape index (κ3) is 7.80. The van der Waals surface area contributed by atoms with E-state index < -0.39 is 0 Å². The normalized spacial score (nSPS) is 14.7. The molecule has 146 valence electrons. The third-order valence-corrected chi connectivity index (χ3v) is 3.92. The van der Waals surface area contributed by atoms with E-state index in [1.807, 2.05) is 45.0 Å². The number of hydrogen-bond acceptors (Lipinski definition) is 3. The Labute approximate surface area is 173 Å². The Morgan fingerprint density at radius 2 is 1.92 bits per heavy atom. The van der Waals surface area contributed by atoms with Crippen LogP contribution in [0.25, 0.3) is 0 Å². The highest BCUT2D eigenvalue weighted by Crippen LogP contribution is 2.27. The van der Waals surface area contributed by atoms with E-state index in [1.54, 1.807) is 7.05 Å². The molecule has 1 aliphatic carbocycles. The van der Waals surface area contributed by atoms with E-state index in [9.17, 15) is 4.79 Å². The van der Waals surface area contributed by atoms with Gasteiger partial charge in [-0.15, -0.1) is 24.0 Å². The summed E-state index contributed by atoms with van der Waals surface area (Å²) in [6.45, 7) is 6.63. The van der Waals surface area contributed by atoms with Crippen molar-refractivity contribution in [3.63, 3.8) is 0 Å². The summed E-state index contributed by atoms with van der Waals surface area (Å²) in [6, 6.07) is 8.03. The number of nitrogens with one attached hydrogen (secondary N) is 3. The molecule has 0 heterocycles. The summed E-state index contributed by atoms with van der Waals surface area (Å²) in [5, 5.41) is 9.17. The van der Waals surface area contributed by atoms with Crippen molar-refractivity contribution in [2.45, 2.75) is 58.2 Å². The van der Waals surface area contributed by atoms with Crippen molar-refractivity contribution in [2.24, 2.45) is 4.99 Å². The molecular weight excluding hydrogens is 443 g/mol. The molecule has 0 atom stereocenters. The SMILES string of the molecule is CN=C(NCC(=O)NC(C)(C)C)NCc1ccccc1OC1CCC1.I. The van der Waals surface area contributed by atoms with Gasteiger partial charge in [-0.05, 0) is 46.1 Å². The Balaban J connectivity index is 0.00000338. The van der Waals surface area contributed by atoms with Gasteiger partial charge >= 0.3 is 0 Å². The number of amides is 1. The predicted molar refractivity (Wildman–Crippen MR) is 116 cm³/mol. The van der Waals surface area contributed by atoms with Crippen LogP contribution in [0.15, 0.2) is 29.3 Å². The van der Waals surface area contributed by atoms with Gasteiger partial charge in [0.1, 0.15) is 5.75 Å². The maximum absolute atomic E-state index is 11.9. The highest BCUT2D eigenvalue weighted by Gasteiger charge is 2.20. The fraction of sp³-hybridized carbons (Fsp3) is 0.579. The summed E-state index contributed by atoms with van der Waals surface area (Å²) in [4.78, 5) is 16.1. The van der Waals surface area contributed by atoms with Crippen LogP contribution in [0.2, 0.25) is 0 Å². The minimum atomic E-state index is -0.243. The second-order valence-electron chi connectivity index (χ2n) is 7.36. The first kappa shape index (κ1) is 22.5. The van der Waals surface area contributed by atoms with Crippen LogP contribution in [-0.4, -0.2) is 37.1 Å². The van der Waals surface area contributed by atoms with E-state index in [-0.39, 0.29) is 42.0 Å². The lowest BCUT2D eigenvalue weighted by Crippen LogP contribution is -2.48. The second-order valence-corrected chi connectivity index (χ2v) is 7.36. The van der Waals surface area contributed by atoms with Gasteiger partial charge in [0.05, 0.1) is 12.6 Å². The highest BCUT2D eigenvalue weighted by molar-refractivity contribution is 14.0. The molecule has 1 aromatic rings. The molecule has 0 bridgehead atoms. The molecule has 0 saturated heterocycles. The Hall–Kier alpha value is -1.51. The number of ether oxygens (including phenoxy) is 1. The summed E-state index contributed by atoms with van der Waals surface area (Å²) in [5.41, 5.74) is 0.838. The van der Waals surface area contributed by atoms with Crippen LogP contribution in [0.4, 0.5) is 0 Å². The first-order chi connectivity index (χ1) is 11.9. The van der Waals surface area contributed by atoms with Gasteiger partial charge in [-0.25, -0.2) is 0 Å². The quantitative estimate of drug-likeness (QED) is 0.337. The van der Waals surface area contributed by atoms with Crippen LogP contribution in [0.1, 0.15) is 45.6 Å². The fourth-order valence-corrected chi connectivity index (χ4v) is 2.46. The number of carbonyl (C=O) groups excluding carboxylic acids is 1. The standard InChI is InChI=1S/C19H30N4O2.HI/c1-19(2,3)23-17(24)13-22-18(20-4)21-12-14-8-5-6-11-16(14)25-15-9-7-10-15;/h5-6,8,11,15H,7,9-10,12-13H2,1-4H3,(H,23,24)(H2,20,21,22);1H. The smallest absolute Gasteiger partial charge is 0.239 e. The van der Waals surface area contributed by atoms with Gasteiger partial charge in [0.2, 0.25) is 5.91 Å². The minimum absolute atomic E-state index is 0. The summed E-state index contributed by atoms with van der Waals surface area (Å²) in [7, 11) is 1.69. The number of aliphatic imine (C=N–C) groups is 1. The Kier molecular flexibility index (Phi) is 9.18. The first-order valence-corrected chi connectivity index (χ1v) is 8.87. The molecule has 1 aromatic carbocycles. The molecular formula is C19H31IN4O2. The van der Waals surface area contributed by atoms with Crippen LogP contribution in [0.5, 0.6) is 5.75 Å². The average Bonchev–Trinajstić information content (AvgIpc) is 2.50. The van der Waals surface area contributed by atoms with Crippen molar-refractivity contribution in [1.82, 2.24) is 16.0 Å². The van der Waals surface area contributed by atoms with Gasteiger partial charge < -0.3 is 20.7 Å². The summed E-state index contributed by atoms with van der Waals surface area (Å²) < 4.78 is 6.04. The molecule has 2 rings (SSSR count). The lowest BCUT2D eigenvalue weighted by Gasteiger charge is -2.27. The largest absolute Gasteiger partial charge is 0.490 e. The minimum Gasteiger partial charge on any atom is -0.490 e. The van der Waals surface area contributed by atoms with Gasteiger partial charge in [0, 0.05) is 24.7 Å². The molecule has 6 nitrogen and oxygen atoms in total. The zero-order valence-corrected chi connectivity index (χ0v) is 18.4. The van der Waals surface area contributed by atoms with Crippen molar-refractivity contribution in [3.8, 4) is 5.75 Å². The molecule has 0 unspecified atom stereocenters.